The first-order valence-corrected chi connectivity index (χ1v) is 17.4. The van der Waals surface area contributed by atoms with Crippen LogP contribution in [0.3, 0.4) is 0 Å². The Hall–Kier alpha value is 0.270. The van der Waals surface area contributed by atoms with Crippen LogP contribution >= 0.6 is 7.94 Å². The van der Waals surface area contributed by atoms with E-state index in [-0.39, 0.29) is 0 Å². The van der Waals surface area contributed by atoms with Gasteiger partial charge in [0.15, 0.2) is 0 Å². The molecule has 0 saturated heterocycles. The number of unbranched alkanes of at least 4 members (excludes halogenated alkanes) is 23. The molecule has 0 bridgehead atoms. The highest BCUT2D eigenvalue weighted by Crippen LogP contribution is 2.36. The molecule has 0 aromatic heterocycles. The van der Waals surface area contributed by atoms with Crippen LogP contribution in [-0.2, 0) is 0 Å². The lowest BCUT2D eigenvalue weighted by atomic mass is 10.0. The molecule has 0 aliphatic rings. The van der Waals surface area contributed by atoms with Gasteiger partial charge >= 0.3 is 0 Å². The van der Waals surface area contributed by atoms with E-state index < -0.39 is 13.7 Å². The molecule has 0 heterocycles. The smallest absolute Gasteiger partial charge is 0.102 e. The molecule has 0 aliphatic carbocycles. The SMILES string of the molecule is CCCCCCCCCCCCCCCCCCNC(CCCCCCCCCCC)[P+]([O-])([O-])[O-]. The summed E-state index contributed by atoms with van der Waals surface area (Å²) < 4.78 is 0. The van der Waals surface area contributed by atoms with Crippen molar-refractivity contribution in [3.8, 4) is 0 Å². The summed E-state index contributed by atoms with van der Waals surface area (Å²) in [7, 11) is -4.55. The van der Waals surface area contributed by atoms with Gasteiger partial charge in [-0.05, 0) is 25.8 Å². The second-order valence-electron chi connectivity index (χ2n) is 10.9. The molecule has 0 rings (SSSR count). The van der Waals surface area contributed by atoms with Crippen molar-refractivity contribution in [3.63, 3.8) is 0 Å². The van der Waals surface area contributed by atoms with Gasteiger partial charge in [-0.3, -0.25) is 5.32 Å². The van der Waals surface area contributed by atoms with Crippen molar-refractivity contribution in [1.82, 2.24) is 5.32 Å². The van der Waals surface area contributed by atoms with Crippen molar-refractivity contribution in [2.45, 2.75) is 187 Å². The second kappa shape index (κ2) is 27.3. The Labute approximate surface area is 221 Å². The normalized spacial score (nSPS) is 12.9. The fraction of sp³-hybridized carbons (Fsp3) is 1.00. The van der Waals surface area contributed by atoms with Crippen LogP contribution in [0.2, 0.25) is 0 Å². The van der Waals surface area contributed by atoms with Crippen LogP contribution < -0.4 is 20.0 Å². The topological polar surface area (TPSA) is 81.2 Å². The molecule has 0 radical (unpaired) electrons. The molecule has 5 heteroatoms. The molecule has 1 atom stereocenters. The van der Waals surface area contributed by atoms with Crippen LogP contribution in [0.25, 0.3) is 0 Å². The van der Waals surface area contributed by atoms with Crippen molar-refractivity contribution in [3.05, 3.63) is 0 Å². The van der Waals surface area contributed by atoms with Crippen molar-refractivity contribution in [2.24, 2.45) is 0 Å². The molecular weight excluding hydrogens is 453 g/mol. The lowest BCUT2D eigenvalue weighted by Gasteiger charge is -2.48. The fourth-order valence-corrected chi connectivity index (χ4v) is 5.81. The van der Waals surface area contributed by atoms with Crippen LogP contribution in [0.4, 0.5) is 0 Å². The van der Waals surface area contributed by atoms with Crippen LogP contribution in [0, 0.1) is 0 Å². The first-order chi connectivity index (χ1) is 17.0. The van der Waals surface area contributed by atoms with Crippen LogP contribution in [0.5, 0.6) is 0 Å². The molecule has 35 heavy (non-hydrogen) atoms. The van der Waals surface area contributed by atoms with Gasteiger partial charge in [0.1, 0.15) is 5.78 Å². The van der Waals surface area contributed by atoms with Crippen LogP contribution in [0.1, 0.15) is 181 Å². The number of nitrogens with one attached hydrogen (secondary N) is 1. The van der Waals surface area contributed by atoms with E-state index in [2.05, 4.69) is 19.2 Å². The van der Waals surface area contributed by atoms with Gasteiger partial charge in [-0.15, -0.1) is 7.94 Å². The first-order valence-electron chi connectivity index (χ1n) is 15.8. The van der Waals surface area contributed by atoms with Gasteiger partial charge in [-0.1, -0.05) is 162 Å². The predicted octanol–water partition coefficient (Wildman–Crippen LogP) is 7.93. The largest absolute Gasteiger partial charge is 0.686 e. The summed E-state index contributed by atoms with van der Waals surface area (Å²) >= 11 is 0. The summed E-state index contributed by atoms with van der Waals surface area (Å²) in [6.45, 7) is 5.16. The Morgan fingerprint density at radius 1 is 0.429 bits per heavy atom. The van der Waals surface area contributed by atoms with E-state index in [0.29, 0.717) is 13.0 Å². The van der Waals surface area contributed by atoms with E-state index in [9.17, 15) is 14.7 Å². The zero-order chi connectivity index (χ0) is 25.9. The third-order valence-electron chi connectivity index (χ3n) is 7.37. The zero-order valence-electron chi connectivity index (χ0n) is 23.8. The summed E-state index contributed by atoms with van der Waals surface area (Å²) in [5, 5.41) is 3.05. The van der Waals surface area contributed by atoms with Crippen molar-refractivity contribution in [2.75, 3.05) is 6.54 Å². The molecule has 4 nitrogen and oxygen atoms in total. The Bertz CT molecular complexity index is 404. The van der Waals surface area contributed by atoms with E-state index >= 15 is 0 Å². The van der Waals surface area contributed by atoms with Gasteiger partial charge in [0, 0.05) is 0 Å². The van der Waals surface area contributed by atoms with Gasteiger partial charge in [0.25, 0.3) is 0 Å². The Kier molecular flexibility index (Phi) is 27.5. The lowest BCUT2D eigenvalue weighted by molar-refractivity contribution is -0.431. The summed E-state index contributed by atoms with van der Waals surface area (Å²) in [6.07, 6.45) is 32.5. The molecule has 212 valence electrons. The molecule has 0 aromatic carbocycles. The van der Waals surface area contributed by atoms with E-state index in [1.165, 1.54) is 128 Å². The molecule has 0 aliphatic heterocycles. The highest BCUT2D eigenvalue weighted by Gasteiger charge is 2.16. The summed E-state index contributed by atoms with van der Waals surface area (Å²) in [4.78, 5) is 34.8. The van der Waals surface area contributed by atoms with Crippen LogP contribution in [0.15, 0.2) is 0 Å². The Balaban J connectivity index is 3.49. The maximum atomic E-state index is 11.6. The third kappa shape index (κ3) is 27.1. The Morgan fingerprint density at radius 2 is 0.714 bits per heavy atom. The van der Waals surface area contributed by atoms with E-state index in [1.807, 2.05) is 0 Å². The van der Waals surface area contributed by atoms with E-state index in [4.69, 9.17) is 0 Å². The average molecular weight is 516 g/mol. The maximum Gasteiger partial charge on any atom is 0.102 e. The fourth-order valence-electron chi connectivity index (χ4n) is 4.96. The summed E-state index contributed by atoms with van der Waals surface area (Å²) in [5.74, 6) is -0.872. The lowest BCUT2D eigenvalue weighted by Crippen LogP contribution is -2.48. The highest BCUT2D eigenvalue weighted by atomic mass is 31.2. The van der Waals surface area contributed by atoms with Crippen molar-refractivity contribution < 1.29 is 14.7 Å². The highest BCUT2D eigenvalue weighted by molar-refractivity contribution is 7.54. The standard InChI is InChI=1S/C30H64NO3P/c1-3-5-7-9-11-13-14-15-16-17-18-19-21-23-25-27-29-31-30(35(32,33)34)28-26-24-22-20-12-10-8-6-4-2/h30-31H,3-29H2,1-2H3,(H2,32,33,34)/p-2. The van der Waals surface area contributed by atoms with Crippen molar-refractivity contribution in [1.29, 1.82) is 0 Å². The monoisotopic (exact) mass is 515 g/mol. The first kappa shape index (κ1) is 35.3. The van der Waals surface area contributed by atoms with Gasteiger partial charge in [0.05, 0.1) is 0 Å². The predicted molar refractivity (Wildman–Crippen MR) is 150 cm³/mol. The molecule has 0 saturated carbocycles. The van der Waals surface area contributed by atoms with E-state index in [1.54, 1.807) is 0 Å². The average Bonchev–Trinajstić information content (AvgIpc) is 2.82. The minimum Gasteiger partial charge on any atom is -0.686 e. The number of hydrogen-bond acceptors (Lipinski definition) is 4. The molecule has 0 fully saturated rings. The maximum absolute atomic E-state index is 11.6. The molecule has 1 unspecified atom stereocenters. The van der Waals surface area contributed by atoms with Gasteiger partial charge in [-0.25, -0.2) is 0 Å². The van der Waals surface area contributed by atoms with Crippen molar-refractivity contribution >= 4 is 7.94 Å². The second-order valence-corrected chi connectivity index (χ2v) is 12.6. The summed E-state index contributed by atoms with van der Waals surface area (Å²) in [5.41, 5.74) is 0. The summed E-state index contributed by atoms with van der Waals surface area (Å²) in [6, 6.07) is 0. The van der Waals surface area contributed by atoms with Gasteiger partial charge in [0.2, 0.25) is 0 Å². The minimum atomic E-state index is -4.55. The van der Waals surface area contributed by atoms with Crippen LogP contribution in [-0.4, -0.2) is 12.3 Å². The Morgan fingerprint density at radius 3 is 1.03 bits per heavy atom. The molecule has 0 aromatic rings. The molecule has 0 amide bonds. The molecule has 1 N–H and O–H groups in total. The molecular formula is C30H62NO3P-2. The van der Waals surface area contributed by atoms with Gasteiger partial charge in [-0.2, -0.15) is 0 Å². The number of hydrogen-bond donors (Lipinski definition) is 1. The third-order valence-corrected chi connectivity index (χ3v) is 8.58. The zero-order valence-corrected chi connectivity index (χ0v) is 24.7. The number of rotatable bonds is 29. The van der Waals surface area contributed by atoms with E-state index in [0.717, 1.165) is 32.1 Å². The molecule has 0 spiro atoms. The minimum absolute atomic E-state index is 0.471. The quantitative estimate of drug-likeness (QED) is 0.0810. The van der Waals surface area contributed by atoms with Gasteiger partial charge < -0.3 is 14.7 Å².